The summed E-state index contributed by atoms with van der Waals surface area (Å²) < 4.78 is 11.7. The van der Waals surface area contributed by atoms with Gasteiger partial charge in [0.25, 0.3) is 0 Å². The summed E-state index contributed by atoms with van der Waals surface area (Å²) in [5.41, 5.74) is -0.988. The van der Waals surface area contributed by atoms with E-state index in [1.807, 2.05) is 32.7 Å². The molecule has 2 bridgehead atoms. The molecule has 9 heteroatoms. The number of aliphatic hydroxyl groups excluding tert-OH is 1. The first-order valence-electron chi connectivity index (χ1n) is 12.5. The first-order chi connectivity index (χ1) is 15.6. The van der Waals surface area contributed by atoms with Crippen molar-refractivity contribution in [3.8, 4) is 0 Å². The van der Waals surface area contributed by atoms with Crippen LogP contribution in [0, 0.1) is 0 Å². The van der Waals surface area contributed by atoms with E-state index in [1.165, 1.54) is 0 Å². The number of hydrogen-bond donors (Lipinski definition) is 2. The Kier molecular flexibility index (Phi) is 6.98. The van der Waals surface area contributed by atoms with Crippen molar-refractivity contribution in [2.24, 2.45) is 0 Å². The Morgan fingerprint density at radius 2 is 2.03 bits per heavy atom. The monoisotopic (exact) mass is 466 g/mol. The Balaban J connectivity index is 1.29. The highest BCUT2D eigenvalue weighted by molar-refractivity contribution is 5.77. The minimum atomic E-state index is -0.531. The number of rotatable bonds is 7. The first kappa shape index (κ1) is 24.7. The summed E-state index contributed by atoms with van der Waals surface area (Å²) >= 11 is 0. The van der Waals surface area contributed by atoms with Gasteiger partial charge in [0.05, 0.1) is 18.2 Å². The van der Waals surface area contributed by atoms with Gasteiger partial charge in [0.1, 0.15) is 12.2 Å². The van der Waals surface area contributed by atoms with Crippen LogP contribution >= 0.6 is 0 Å². The minimum absolute atomic E-state index is 0.00538. The van der Waals surface area contributed by atoms with E-state index in [0.29, 0.717) is 13.0 Å². The Morgan fingerprint density at radius 1 is 1.24 bits per heavy atom. The van der Waals surface area contributed by atoms with Crippen molar-refractivity contribution in [2.75, 3.05) is 53.0 Å². The zero-order chi connectivity index (χ0) is 23.9. The van der Waals surface area contributed by atoms with Crippen molar-refractivity contribution in [1.82, 2.24) is 20.0 Å². The normalized spacial score (nSPS) is 33.9. The molecule has 0 aromatic carbocycles. The van der Waals surface area contributed by atoms with E-state index in [9.17, 15) is 14.7 Å². The third kappa shape index (κ3) is 5.01. The predicted molar refractivity (Wildman–Crippen MR) is 124 cm³/mol. The molecule has 33 heavy (non-hydrogen) atoms. The van der Waals surface area contributed by atoms with Gasteiger partial charge in [-0.2, -0.15) is 0 Å². The molecule has 4 rings (SSSR count). The average Bonchev–Trinajstić information content (AvgIpc) is 3.36. The number of carbonyl (C=O) groups is 2. The van der Waals surface area contributed by atoms with Gasteiger partial charge in [0, 0.05) is 44.8 Å². The van der Waals surface area contributed by atoms with Gasteiger partial charge < -0.3 is 24.8 Å². The van der Waals surface area contributed by atoms with E-state index < -0.39 is 5.60 Å². The summed E-state index contributed by atoms with van der Waals surface area (Å²) in [4.78, 5) is 31.8. The number of likely N-dealkylation sites (N-methyl/N-ethyl adjacent to an activating group) is 1. The SMILES string of the molecule is CN(CCC12CCC(CNC1)N2C(=O)OC(C)(C)C)C(=O)CO[C@H]1CN2CCC[C@]2(CO)C1. The van der Waals surface area contributed by atoms with Crippen LogP contribution in [0.3, 0.4) is 0 Å². The molecule has 188 valence electrons. The highest BCUT2D eigenvalue weighted by atomic mass is 16.6. The molecule has 0 radical (unpaired) electrons. The molecular weight excluding hydrogens is 424 g/mol. The fourth-order valence-electron chi connectivity index (χ4n) is 6.30. The molecule has 2 amide bonds. The number of piperazine rings is 1. The smallest absolute Gasteiger partial charge is 0.411 e. The summed E-state index contributed by atoms with van der Waals surface area (Å²) in [7, 11) is 1.81. The van der Waals surface area contributed by atoms with Gasteiger partial charge in [0.15, 0.2) is 0 Å². The van der Waals surface area contributed by atoms with E-state index in [4.69, 9.17) is 9.47 Å². The topological polar surface area (TPSA) is 94.6 Å². The van der Waals surface area contributed by atoms with Gasteiger partial charge in [0.2, 0.25) is 5.91 Å². The molecule has 0 aromatic heterocycles. The van der Waals surface area contributed by atoms with E-state index >= 15 is 0 Å². The fourth-order valence-corrected chi connectivity index (χ4v) is 6.30. The predicted octanol–water partition coefficient (Wildman–Crippen LogP) is 1.19. The van der Waals surface area contributed by atoms with Gasteiger partial charge in [-0.15, -0.1) is 0 Å². The van der Waals surface area contributed by atoms with Crippen LogP contribution in [0.4, 0.5) is 4.79 Å². The van der Waals surface area contributed by atoms with Crippen LogP contribution in [-0.2, 0) is 14.3 Å². The number of hydrogen-bond acceptors (Lipinski definition) is 7. The Morgan fingerprint density at radius 3 is 2.73 bits per heavy atom. The number of carbonyl (C=O) groups excluding carboxylic acids is 2. The summed E-state index contributed by atoms with van der Waals surface area (Å²) in [6.07, 6.45) is 5.25. The molecule has 4 aliphatic heterocycles. The molecule has 4 aliphatic rings. The second-order valence-corrected chi connectivity index (χ2v) is 11.5. The third-order valence-corrected chi connectivity index (χ3v) is 8.09. The maximum atomic E-state index is 13.0. The summed E-state index contributed by atoms with van der Waals surface area (Å²) in [6.45, 7) is 9.76. The lowest BCUT2D eigenvalue weighted by atomic mass is 9.91. The van der Waals surface area contributed by atoms with E-state index in [-0.39, 0.29) is 48.4 Å². The van der Waals surface area contributed by atoms with Gasteiger partial charge in [-0.1, -0.05) is 0 Å². The van der Waals surface area contributed by atoms with E-state index in [2.05, 4.69) is 10.2 Å². The number of aliphatic hydroxyl groups is 1. The fraction of sp³-hybridized carbons (Fsp3) is 0.917. The zero-order valence-corrected chi connectivity index (χ0v) is 20.8. The lowest BCUT2D eigenvalue weighted by Gasteiger charge is -2.45. The average molecular weight is 467 g/mol. The molecule has 4 fully saturated rings. The highest BCUT2D eigenvalue weighted by Crippen LogP contribution is 2.41. The number of amides is 2. The van der Waals surface area contributed by atoms with E-state index in [0.717, 1.165) is 58.3 Å². The number of fused-ring (bicyclic) bond motifs is 3. The van der Waals surface area contributed by atoms with Crippen LogP contribution in [-0.4, -0.2) is 114 Å². The quantitative estimate of drug-likeness (QED) is 0.582. The number of nitrogens with zero attached hydrogens (tertiary/aromatic N) is 3. The largest absolute Gasteiger partial charge is 0.444 e. The van der Waals surface area contributed by atoms with Crippen molar-refractivity contribution in [3.63, 3.8) is 0 Å². The summed E-state index contributed by atoms with van der Waals surface area (Å²) in [5, 5.41) is 13.3. The van der Waals surface area contributed by atoms with Crippen LogP contribution in [0.25, 0.3) is 0 Å². The number of nitrogens with one attached hydrogen (secondary N) is 1. The molecule has 4 heterocycles. The maximum absolute atomic E-state index is 13.0. The summed E-state index contributed by atoms with van der Waals surface area (Å²) in [6, 6.07) is 0.147. The standard InChI is InChI=1S/C24H42N4O5/c1-22(2,3)33-21(31)28-18-6-8-23(28,16-25-13-18)9-11-26(4)20(30)15-32-19-12-24(17-29)7-5-10-27(24)14-19/h18-19,25,29H,5-17H2,1-4H3/t18?,19-,23?,24-/m1/s1. The van der Waals surface area contributed by atoms with E-state index in [1.54, 1.807) is 4.90 Å². The van der Waals surface area contributed by atoms with Crippen LogP contribution in [0.1, 0.15) is 59.3 Å². The molecule has 9 nitrogen and oxygen atoms in total. The van der Waals surface area contributed by atoms with Crippen LogP contribution < -0.4 is 5.32 Å². The lowest BCUT2D eigenvalue weighted by molar-refractivity contribution is -0.137. The third-order valence-electron chi connectivity index (χ3n) is 8.09. The molecule has 2 N–H and O–H groups in total. The number of ether oxygens (including phenoxy) is 2. The van der Waals surface area contributed by atoms with Gasteiger partial charge in [-0.05, 0) is 65.8 Å². The van der Waals surface area contributed by atoms with Gasteiger partial charge in [-0.3, -0.25) is 14.6 Å². The molecular formula is C24H42N4O5. The lowest BCUT2D eigenvalue weighted by Crippen LogP contribution is -2.63. The molecule has 0 aliphatic carbocycles. The minimum Gasteiger partial charge on any atom is -0.444 e. The van der Waals surface area contributed by atoms with Crippen molar-refractivity contribution in [3.05, 3.63) is 0 Å². The molecule has 0 aromatic rings. The zero-order valence-electron chi connectivity index (χ0n) is 20.8. The second-order valence-electron chi connectivity index (χ2n) is 11.5. The molecule has 0 saturated carbocycles. The summed E-state index contributed by atoms with van der Waals surface area (Å²) in [5.74, 6) is -0.0429. The first-order valence-corrected chi connectivity index (χ1v) is 12.5. The molecule has 2 unspecified atom stereocenters. The van der Waals surface area contributed by atoms with Crippen molar-refractivity contribution >= 4 is 12.0 Å². The molecule has 4 atom stereocenters. The van der Waals surface area contributed by atoms with Gasteiger partial charge >= 0.3 is 6.09 Å². The molecule has 4 saturated heterocycles. The Hall–Kier alpha value is -1.42. The van der Waals surface area contributed by atoms with Gasteiger partial charge in [-0.25, -0.2) is 4.79 Å². The van der Waals surface area contributed by atoms with Crippen molar-refractivity contribution in [2.45, 2.75) is 88.1 Å². The van der Waals surface area contributed by atoms with Crippen molar-refractivity contribution < 1.29 is 24.2 Å². The van der Waals surface area contributed by atoms with Crippen LogP contribution in [0.2, 0.25) is 0 Å². The maximum Gasteiger partial charge on any atom is 0.411 e. The second kappa shape index (κ2) is 9.32. The van der Waals surface area contributed by atoms with Crippen molar-refractivity contribution in [1.29, 1.82) is 0 Å². The Bertz CT molecular complexity index is 739. The van der Waals surface area contributed by atoms with Crippen LogP contribution in [0.15, 0.2) is 0 Å². The Labute approximate surface area is 197 Å². The van der Waals surface area contributed by atoms with Crippen LogP contribution in [0.5, 0.6) is 0 Å². The molecule has 0 spiro atoms. The highest BCUT2D eigenvalue weighted by Gasteiger charge is 2.52.